The maximum Gasteiger partial charge on any atom is 0.241 e. The first-order chi connectivity index (χ1) is 8.86. The van der Waals surface area contributed by atoms with Gasteiger partial charge in [0.25, 0.3) is 0 Å². The summed E-state index contributed by atoms with van der Waals surface area (Å²) < 4.78 is 0.911. The van der Waals surface area contributed by atoms with Crippen LogP contribution in [0.1, 0.15) is 12.5 Å². The van der Waals surface area contributed by atoms with E-state index in [1.807, 2.05) is 30.0 Å². The number of halogens is 1. The van der Waals surface area contributed by atoms with E-state index in [-0.39, 0.29) is 5.91 Å². The molecule has 104 valence electrons. The molecule has 0 fully saturated rings. The highest BCUT2D eigenvalue weighted by molar-refractivity contribution is 9.10. The van der Waals surface area contributed by atoms with Crippen LogP contribution in [0.5, 0.6) is 0 Å². The molecule has 0 heterocycles. The van der Waals surface area contributed by atoms with Crippen molar-refractivity contribution in [3.8, 4) is 0 Å². The molecule has 0 aliphatic rings. The van der Waals surface area contributed by atoms with Crippen LogP contribution in [-0.4, -0.2) is 43.0 Å². The highest BCUT2D eigenvalue weighted by Crippen LogP contribution is 2.24. The van der Waals surface area contributed by atoms with Crippen molar-refractivity contribution in [2.75, 3.05) is 32.1 Å². The summed E-state index contributed by atoms with van der Waals surface area (Å²) in [4.78, 5) is 15.7. The van der Waals surface area contributed by atoms with Crippen LogP contribution >= 0.6 is 28.1 Å². The Morgan fingerprint density at radius 3 is 2.53 bits per heavy atom. The number of anilines is 1. The molecule has 0 aliphatic carbocycles. The average Bonchev–Trinajstić information content (AvgIpc) is 2.35. The number of benzene rings is 1. The normalized spacial score (nSPS) is 10.1. The molecule has 1 amide bonds. The van der Waals surface area contributed by atoms with Gasteiger partial charge in [-0.1, -0.05) is 28.1 Å². The second kappa shape index (κ2) is 6.86. The maximum atomic E-state index is 11.8. The molecule has 1 aromatic rings. The van der Waals surface area contributed by atoms with Crippen LogP contribution in [0, 0.1) is 0 Å². The van der Waals surface area contributed by atoms with Crippen molar-refractivity contribution in [1.29, 1.82) is 0 Å². The van der Waals surface area contributed by atoms with Crippen molar-refractivity contribution in [1.82, 2.24) is 4.90 Å². The molecule has 2 N–H and O–H groups in total. The highest BCUT2D eigenvalue weighted by Gasteiger charge is 2.16. The van der Waals surface area contributed by atoms with Crippen molar-refractivity contribution in [2.24, 2.45) is 5.73 Å². The van der Waals surface area contributed by atoms with Crippen LogP contribution in [0.4, 0.5) is 5.69 Å². The number of thiocarbonyl (C=S) groups is 1. The molecule has 0 bridgehead atoms. The third-order valence-electron chi connectivity index (χ3n) is 2.77. The molecular formula is C13H18BrN3OS. The van der Waals surface area contributed by atoms with E-state index >= 15 is 0 Å². The summed E-state index contributed by atoms with van der Waals surface area (Å²) in [6, 6.07) is 5.71. The van der Waals surface area contributed by atoms with Gasteiger partial charge in [-0.3, -0.25) is 4.79 Å². The first-order valence-corrected chi connectivity index (χ1v) is 7.11. The Kier molecular flexibility index (Phi) is 5.75. The SMILES string of the molecule is CCN(CC(=O)N(C)C)c1ccc(Br)cc1C(N)=S. The van der Waals surface area contributed by atoms with Gasteiger partial charge in [0.2, 0.25) is 5.91 Å². The molecule has 0 saturated carbocycles. The molecule has 0 radical (unpaired) electrons. The third kappa shape index (κ3) is 4.18. The van der Waals surface area contributed by atoms with Gasteiger partial charge in [0.15, 0.2) is 0 Å². The lowest BCUT2D eigenvalue weighted by atomic mass is 10.1. The highest BCUT2D eigenvalue weighted by atomic mass is 79.9. The van der Waals surface area contributed by atoms with E-state index in [2.05, 4.69) is 15.9 Å². The second-order valence-electron chi connectivity index (χ2n) is 4.33. The summed E-state index contributed by atoms with van der Waals surface area (Å²) in [7, 11) is 3.48. The summed E-state index contributed by atoms with van der Waals surface area (Å²) in [6.07, 6.45) is 0. The number of hydrogen-bond donors (Lipinski definition) is 1. The zero-order valence-electron chi connectivity index (χ0n) is 11.3. The Labute approximate surface area is 127 Å². The minimum Gasteiger partial charge on any atom is -0.389 e. The lowest BCUT2D eigenvalue weighted by Crippen LogP contribution is -2.37. The fourth-order valence-electron chi connectivity index (χ4n) is 1.65. The fraction of sp³-hybridized carbons (Fsp3) is 0.385. The van der Waals surface area contributed by atoms with E-state index < -0.39 is 0 Å². The minimum absolute atomic E-state index is 0.0404. The van der Waals surface area contributed by atoms with Crippen molar-refractivity contribution in [3.05, 3.63) is 28.2 Å². The van der Waals surface area contributed by atoms with Gasteiger partial charge in [0, 0.05) is 36.4 Å². The molecular weight excluding hydrogens is 326 g/mol. The molecule has 0 atom stereocenters. The Morgan fingerprint density at radius 2 is 2.05 bits per heavy atom. The lowest BCUT2D eigenvalue weighted by Gasteiger charge is -2.26. The standard InChI is InChI=1S/C13H18BrN3OS/c1-4-17(8-12(18)16(2)3)11-6-5-9(14)7-10(11)13(15)19/h5-7H,4,8H2,1-3H3,(H2,15,19). The molecule has 0 saturated heterocycles. The smallest absolute Gasteiger partial charge is 0.241 e. The lowest BCUT2D eigenvalue weighted by molar-refractivity contribution is -0.127. The number of hydrogen-bond acceptors (Lipinski definition) is 3. The number of rotatable bonds is 5. The Balaban J connectivity index is 3.11. The summed E-state index contributed by atoms with van der Waals surface area (Å²) in [5, 5.41) is 0. The molecule has 6 heteroatoms. The monoisotopic (exact) mass is 343 g/mol. The first kappa shape index (κ1) is 15.9. The van der Waals surface area contributed by atoms with E-state index in [4.69, 9.17) is 18.0 Å². The van der Waals surface area contributed by atoms with Crippen molar-refractivity contribution >= 4 is 44.7 Å². The second-order valence-corrected chi connectivity index (χ2v) is 5.68. The van der Waals surface area contributed by atoms with Crippen LogP contribution in [-0.2, 0) is 4.79 Å². The Bertz CT molecular complexity index is 491. The van der Waals surface area contributed by atoms with E-state index in [0.717, 1.165) is 15.7 Å². The number of nitrogens with zero attached hydrogens (tertiary/aromatic N) is 2. The van der Waals surface area contributed by atoms with Crippen molar-refractivity contribution in [2.45, 2.75) is 6.92 Å². The third-order valence-corrected chi connectivity index (χ3v) is 3.48. The molecule has 0 unspecified atom stereocenters. The van der Waals surface area contributed by atoms with E-state index in [1.54, 1.807) is 19.0 Å². The van der Waals surface area contributed by atoms with Crippen LogP contribution in [0.25, 0.3) is 0 Å². The maximum absolute atomic E-state index is 11.8. The zero-order chi connectivity index (χ0) is 14.6. The number of likely N-dealkylation sites (N-methyl/N-ethyl adjacent to an activating group) is 2. The zero-order valence-corrected chi connectivity index (χ0v) is 13.7. The Morgan fingerprint density at radius 1 is 1.42 bits per heavy atom. The van der Waals surface area contributed by atoms with E-state index in [1.165, 1.54) is 0 Å². The van der Waals surface area contributed by atoms with Gasteiger partial charge in [0.05, 0.1) is 6.54 Å². The predicted octanol–water partition coefficient (Wildman–Crippen LogP) is 2.00. The molecule has 0 aliphatic heterocycles. The van der Waals surface area contributed by atoms with E-state index in [9.17, 15) is 4.79 Å². The van der Waals surface area contributed by atoms with Gasteiger partial charge in [-0.15, -0.1) is 0 Å². The molecule has 19 heavy (non-hydrogen) atoms. The largest absolute Gasteiger partial charge is 0.389 e. The van der Waals surface area contributed by atoms with Crippen molar-refractivity contribution in [3.63, 3.8) is 0 Å². The van der Waals surface area contributed by atoms with Gasteiger partial charge in [0.1, 0.15) is 4.99 Å². The Hall–Kier alpha value is -1.14. The molecule has 1 aromatic carbocycles. The van der Waals surface area contributed by atoms with Crippen LogP contribution < -0.4 is 10.6 Å². The summed E-state index contributed by atoms with van der Waals surface area (Å²) in [5.74, 6) is 0.0404. The first-order valence-electron chi connectivity index (χ1n) is 5.91. The van der Waals surface area contributed by atoms with Crippen LogP contribution in [0.3, 0.4) is 0 Å². The van der Waals surface area contributed by atoms with Gasteiger partial charge in [-0.2, -0.15) is 0 Å². The summed E-state index contributed by atoms with van der Waals surface area (Å²) in [6.45, 7) is 3.01. The quantitative estimate of drug-likeness (QED) is 0.830. The molecule has 4 nitrogen and oxygen atoms in total. The average molecular weight is 344 g/mol. The van der Waals surface area contributed by atoms with E-state index in [0.29, 0.717) is 18.1 Å². The fourth-order valence-corrected chi connectivity index (χ4v) is 2.18. The molecule has 0 aromatic heterocycles. The van der Waals surface area contributed by atoms with Gasteiger partial charge < -0.3 is 15.5 Å². The summed E-state index contributed by atoms with van der Waals surface area (Å²) >= 11 is 8.48. The summed E-state index contributed by atoms with van der Waals surface area (Å²) in [5.41, 5.74) is 7.41. The van der Waals surface area contributed by atoms with Gasteiger partial charge >= 0.3 is 0 Å². The predicted molar refractivity (Wildman–Crippen MR) is 86.6 cm³/mol. The number of carbonyl (C=O) groups is 1. The molecule has 0 spiro atoms. The van der Waals surface area contributed by atoms with Gasteiger partial charge in [-0.05, 0) is 25.1 Å². The van der Waals surface area contributed by atoms with Crippen molar-refractivity contribution < 1.29 is 4.79 Å². The minimum atomic E-state index is 0.0404. The van der Waals surface area contributed by atoms with Gasteiger partial charge in [-0.25, -0.2) is 0 Å². The molecule has 1 rings (SSSR count). The number of amides is 1. The number of carbonyl (C=O) groups excluding carboxylic acids is 1. The number of nitrogens with two attached hydrogens (primary N) is 1. The van der Waals surface area contributed by atoms with Crippen LogP contribution in [0.15, 0.2) is 22.7 Å². The topological polar surface area (TPSA) is 49.6 Å². The van der Waals surface area contributed by atoms with Crippen LogP contribution in [0.2, 0.25) is 0 Å².